The Morgan fingerprint density at radius 1 is 1.19 bits per heavy atom. The lowest BCUT2D eigenvalue weighted by molar-refractivity contribution is -0.137. The number of anilines is 1. The van der Waals surface area contributed by atoms with Gasteiger partial charge in [-0.15, -0.1) is 10.2 Å². The zero-order valence-corrected chi connectivity index (χ0v) is 17.0. The summed E-state index contributed by atoms with van der Waals surface area (Å²) in [5.41, 5.74) is -1.15. The predicted octanol–water partition coefficient (Wildman–Crippen LogP) is 4.06. The van der Waals surface area contributed by atoms with Crippen molar-refractivity contribution in [2.75, 3.05) is 11.6 Å². The van der Waals surface area contributed by atoms with Crippen molar-refractivity contribution >= 4 is 29.7 Å². The molecule has 2 atom stereocenters. The van der Waals surface area contributed by atoms with Gasteiger partial charge in [0.1, 0.15) is 6.67 Å². The van der Waals surface area contributed by atoms with Gasteiger partial charge in [-0.3, -0.25) is 19.3 Å². The summed E-state index contributed by atoms with van der Waals surface area (Å²) in [6.07, 6.45) is 3.03. The largest absolute Gasteiger partial charge is 0.417 e. The van der Waals surface area contributed by atoms with Gasteiger partial charge in [0.2, 0.25) is 5.95 Å². The molecule has 1 saturated heterocycles. The highest BCUT2D eigenvalue weighted by atomic mass is 35.5. The molecule has 1 aromatic carbocycles. The molecule has 1 amide bonds. The number of hydrogen-bond acceptors (Lipinski definition) is 5. The summed E-state index contributed by atoms with van der Waals surface area (Å²) in [6, 6.07) is 2.89. The standard InChI is InChI=1S/C20H18ClF3N6O/c21-16-13(5-2-6-14(16)20(22,23)24)18(31)30-12-4-1-7-15(30)17-26-27-19(29(17)10-12)28-9-3-8-25-11-28/h2-3,5-6,8-9,12,15H,1,4,7,10-11H2/t12-,15+/m1/s1. The molecule has 1 fully saturated rings. The second-order valence-corrected chi connectivity index (χ2v) is 8.11. The Labute approximate surface area is 180 Å². The third kappa shape index (κ3) is 3.29. The van der Waals surface area contributed by atoms with E-state index in [-0.39, 0.29) is 17.6 Å². The summed E-state index contributed by atoms with van der Waals surface area (Å²) in [5.74, 6) is 0.763. The van der Waals surface area contributed by atoms with Crippen LogP contribution in [0.4, 0.5) is 19.1 Å². The molecule has 3 aliphatic heterocycles. The van der Waals surface area contributed by atoms with Crippen LogP contribution in [0.5, 0.6) is 0 Å². The fraction of sp³-hybridized carbons (Fsp3) is 0.400. The summed E-state index contributed by atoms with van der Waals surface area (Å²) in [7, 11) is 0. The number of aliphatic imine (C=N–C) groups is 1. The number of nitrogens with zero attached hydrogens (tertiary/aromatic N) is 6. The quantitative estimate of drug-likeness (QED) is 0.692. The van der Waals surface area contributed by atoms with Crippen LogP contribution in [-0.2, 0) is 12.7 Å². The van der Waals surface area contributed by atoms with Gasteiger partial charge >= 0.3 is 6.18 Å². The number of carbonyl (C=O) groups excluding carboxylic acids is 1. The molecule has 3 aliphatic rings. The van der Waals surface area contributed by atoms with Crippen LogP contribution in [-0.4, -0.2) is 44.5 Å². The SMILES string of the molecule is O=C(c1cccc(C(F)(F)F)c1Cl)N1[C@@H]2CCC[C@H]1c1nnc(N3C=CC=NC3)n1C2. The Hall–Kier alpha value is -2.88. The van der Waals surface area contributed by atoms with E-state index < -0.39 is 22.7 Å². The lowest BCUT2D eigenvalue weighted by Crippen LogP contribution is -2.52. The molecule has 0 spiro atoms. The van der Waals surface area contributed by atoms with Gasteiger partial charge in [0.15, 0.2) is 5.82 Å². The first-order chi connectivity index (χ1) is 14.9. The van der Waals surface area contributed by atoms with Crippen LogP contribution in [0.25, 0.3) is 0 Å². The minimum atomic E-state index is -4.63. The van der Waals surface area contributed by atoms with Gasteiger partial charge in [0.05, 0.1) is 28.2 Å². The van der Waals surface area contributed by atoms with Crippen LogP contribution in [0.1, 0.15) is 47.1 Å². The Morgan fingerprint density at radius 3 is 2.77 bits per heavy atom. The van der Waals surface area contributed by atoms with E-state index >= 15 is 0 Å². The van der Waals surface area contributed by atoms with E-state index in [0.717, 1.165) is 18.9 Å². The maximum Gasteiger partial charge on any atom is 0.417 e. The Bertz CT molecular complexity index is 1100. The van der Waals surface area contributed by atoms with Gasteiger partial charge in [-0.05, 0) is 37.5 Å². The highest BCUT2D eigenvalue weighted by Crippen LogP contribution is 2.43. The Balaban J connectivity index is 1.51. The predicted molar refractivity (Wildman–Crippen MR) is 108 cm³/mol. The average molecular weight is 451 g/mol. The molecule has 4 heterocycles. The maximum atomic E-state index is 13.4. The third-order valence-electron chi connectivity index (χ3n) is 5.91. The summed E-state index contributed by atoms with van der Waals surface area (Å²) in [6.45, 7) is 0.886. The smallest absolute Gasteiger partial charge is 0.324 e. The van der Waals surface area contributed by atoms with E-state index in [2.05, 4.69) is 15.2 Å². The fourth-order valence-electron chi connectivity index (χ4n) is 4.54. The van der Waals surface area contributed by atoms with Crippen LogP contribution in [0.15, 0.2) is 35.5 Å². The first-order valence-corrected chi connectivity index (χ1v) is 10.3. The van der Waals surface area contributed by atoms with Gasteiger partial charge in [-0.1, -0.05) is 17.7 Å². The first kappa shape index (κ1) is 20.0. The van der Waals surface area contributed by atoms with Crippen LogP contribution in [0.3, 0.4) is 0 Å². The van der Waals surface area contributed by atoms with E-state index in [1.807, 2.05) is 15.7 Å². The number of piperidine rings is 1. The molecule has 0 unspecified atom stereocenters. The number of hydrogen-bond donors (Lipinski definition) is 0. The molecular weight excluding hydrogens is 433 g/mol. The highest BCUT2D eigenvalue weighted by molar-refractivity contribution is 6.34. The molecule has 7 nitrogen and oxygen atoms in total. The summed E-state index contributed by atoms with van der Waals surface area (Å²) in [4.78, 5) is 21.1. The van der Waals surface area contributed by atoms with Crippen molar-refractivity contribution in [2.45, 2.75) is 44.1 Å². The first-order valence-electron chi connectivity index (χ1n) is 9.91. The van der Waals surface area contributed by atoms with Crippen molar-refractivity contribution in [1.29, 1.82) is 0 Å². The number of benzene rings is 1. The van der Waals surface area contributed by atoms with Crippen LogP contribution >= 0.6 is 11.6 Å². The molecule has 5 rings (SSSR count). The molecule has 1 aromatic heterocycles. The van der Waals surface area contributed by atoms with E-state index in [9.17, 15) is 18.0 Å². The highest BCUT2D eigenvalue weighted by Gasteiger charge is 2.44. The van der Waals surface area contributed by atoms with E-state index in [4.69, 9.17) is 11.6 Å². The van der Waals surface area contributed by atoms with Gasteiger partial charge < -0.3 is 4.90 Å². The molecule has 0 N–H and O–H groups in total. The normalized spacial score (nSPS) is 22.6. The maximum absolute atomic E-state index is 13.4. The number of allylic oxidation sites excluding steroid dienone is 1. The molecule has 0 aliphatic carbocycles. The van der Waals surface area contributed by atoms with Gasteiger partial charge in [-0.2, -0.15) is 13.2 Å². The number of alkyl halides is 3. The molecule has 0 radical (unpaired) electrons. The van der Waals surface area contributed by atoms with Crippen molar-refractivity contribution in [3.63, 3.8) is 0 Å². The van der Waals surface area contributed by atoms with E-state index in [1.165, 1.54) is 12.1 Å². The topological polar surface area (TPSA) is 66.6 Å². The minimum absolute atomic E-state index is 0.144. The summed E-state index contributed by atoms with van der Waals surface area (Å²) < 4.78 is 41.9. The number of rotatable bonds is 2. The molecule has 162 valence electrons. The zero-order valence-electron chi connectivity index (χ0n) is 16.3. The summed E-state index contributed by atoms with van der Waals surface area (Å²) >= 11 is 6.04. The number of aromatic nitrogens is 3. The van der Waals surface area contributed by atoms with Crippen LogP contribution in [0.2, 0.25) is 5.02 Å². The van der Waals surface area contributed by atoms with Gasteiger partial charge in [-0.25, -0.2) is 0 Å². The van der Waals surface area contributed by atoms with Gasteiger partial charge in [0, 0.05) is 19.0 Å². The monoisotopic (exact) mass is 450 g/mol. The Morgan fingerprint density at radius 2 is 2.03 bits per heavy atom. The number of carbonyl (C=O) groups is 1. The number of amides is 1. The Kier molecular flexibility index (Phi) is 4.76. The second kappa shape index (κ2) is 7.37. The van der Waals surface area contributed by atoms with Crippen molar-refractivity contribution in [3.8, 4) is 0 Å². The molecule has 11 heteroatoms. The lowest BCUT2D eigenvalue weighted by Gasteiger charge is -2.46. The minimum Gasteiger partial charge on any atom is -0.324 e. The van der Waals surface area contributed by atoms with Crippen molar-refractivity contribution in [1.82, 2.24) is 19.7 Å². The van der Waals surface area contributed by atoms with Crippen molar-refractivity contribution < 1.29 is 18.0 Å². The van der Waals surface area contributed by atoms with E-state index in [1.54, 1.807) is 17.2 Å². The summed E-state index contributed by atoms with van der Waals surface area (Å²) in [5, 5.41) is 8.08. The molecule has 0 saturated carbocycles. The molecule has 2 aromatic rings. The third-order valence-corrected chi connectivity index (χ3v) is 6.32. The van der Waals surface area contributed by atoms with E-state index in [0.29, 0.717) is 31.4 Å². The van der Waals surface area contributed by atoms with Crippen molar-refractivity contribution in [2.24, 2.45) is 4.99 Å². The fourth-order valence-corrected chi connectivity index (χ4v) is 4.86. The van der Waals surface area contributed by atoms with Crippen LogP contribution < -0.4 is 4.90 Å². The average Bonchev–Trinajstić information content (AvgIpc) is 3.16. The number of halogens is 4. The van der Waals surface area contributed by atoms with Gasteiger partial charge in [0.25, 0.3) is 5.91 Å². The molecule has 31 heavy (non-hydrogen) atoms. The lowest BCUT2D eigenvalue weighted by atomic mass is 9.91. The number of fused-ring (bicyclic) bond motifs is 4. The molecule has 2 bridgehead atoms. The zero-order chi connectivity index (χ0) is 21.8. The van der Waals surface area contributed by atoms with Crippen LogP contribution in [0, 0.1) is 0 Å². The van der Waals surface area contributed by atoms with Crippen molar-refractivity contribution in [3.05, 3.63) is 52.4 Å². The second-order valence-electron chi connectivity index (χ2n) is 7.73. The molecular formula is C20H18ClF3N6O.